The zero-order valence-electron chi connectivity index (χ0n) is 11.6. The minimum atomic E-state index is 0.540. The third-order valence-corrected chi connectivity index (χ3v) is 3.48. The number of nitrogens with zero attached hydrogens (tertiary/aromatic N) is 1. The number of alkyl halides is 1. The molecule has 0 heterocycles. The number of hydrogen-bond acceptors (Lipinski definition) is 1. The van der Waals surface area contributed by atoms with Gasteiger partial charge in [-0.15, -0.1) is 0 Å². The average molecular weight is 298 g/mol. The van der Waals surface area contributed by atoms with Crippen molar-refractivity contribution in [2.45, 2.75) is 46.0 Å². The molecule has 2 heteroatoms. The average Bonchev–Trinajstić information content (AvgIpc) is 2.25. The van der Waals surface area contributed by atoms with Crippen molar-refractivity contribution in [2.75, 3.05) is 11.4 Å². The molecule has 0 aromatic heterocycles. The van der Waals surface area contributed by atoms with Gasteiger partial charge in [-0.05, 0) is 38.3 Å². The molecule has 1 nitrogen and oxygen atoms in total. The van der Waals surface area contributed by atoms with Crippen molar-refractivity contribution in [3.8, 4) is 0 Å². The first kappa shape index (κ1) is 14.6. The van der Waals surface area contributed by atoms with Crippen molar-refractivity contribution < 1.29 is 0 Å². The Hall–Kier alpha value is -0.500. The summed E-state index contributed by atoms with van der Waals surface area (Å²) in [6, 6.07) is 7.28. The monoisotopic (exact) mass is 297 g/mol. The van der Waals surface area contributed by atoms with Gasteiger partial charge in [-0.1, -0.05) is 47.5 Å². The van der Waals surface area contributed by atoms with Crippen molar-refractivity contribution in [3.05, 3.63) is 29.3 Å². The summed E-state index contributed by atoms with van der Waals surface area (Å²) in [5.41, 5.74) is 4.09. The van der Waals surface area contributed by atoms with Gasteiger partial charge in [-0.25, -0.2) is 0 Å². The Bertz CT molecular complexity index is 358. The van der Waals surface area contributed by atoms with Crippen LogP contribution in [-0.4, -0.2) is 12.6 Å². The Kier molecular flexibility index (Phi) is 5.51. The number of hydrogen-bond donors (Lipinski definition) is 0. The minimum Gasteiger partial charge on any atom is -0.369 e. The van der Waals surface area contributed by atoms with Gasteiger partial charge in [-0.3, -0.25) is 0 Å². The van der Waals surface area contributed by atoms with Crippen LogP contribution in [-0.2, 0) is 5.33 Å². The minimum absolute atomic E-state index is 0.540. The topological polar surface area (TPSA) is 3.24 Å². The van der Waals surface area contributed by atoms with E-state index in [1.165, 1.54) is 16.8 Å². The third kappa shape index (κ3) is 4.02. The molecule has 0 unspecified atom stereocenters. The van der Waals surface area contributed by atoms with Crippen LogP contribution in [0, 0.1) is 12.8 Å². The molecule has 1 rings (SSSR count). The summed E-state index contributed by atoms with van der Waals surface area (Å²) >= 11 is 3.60. The predicted octanol–water partition coefficient (Wildman–Crippen LogP) is 4.76. The molecule has 0 radical (unpaired) electrons. The maximum absolute atomic E-state index is 3.60. The summed E-state index contributed by atoms with van der Waals surface area (Å²) in [7, 11) is 0. The van der Waals surface area contributed by atoms with E-state index in [9.17, 15) is 0 Å². The van der Waals surface area contributed by atoms with E-state index in [0.717, 1.165) is 11.9 Å². The first-order valence-electron chi connectivity index (χ1n) is 6.37. The molecule has 0 aliphatic heterocycles. The van der Waals surface area contributed by atoms with Crippen molar-refractivity contribution >= 4 is 21.6 Å². The maximum Gasteiger partial charge on any atom is 0.0409 e. The zero-order chi connectivity index (χ0) is 13.0. The standard InChI is InChI=1S/C15H24BrN/c1-11(2)10-17(12(3)4)15-7-6-13(5)8-14(15)9-16/h6-8,11-12H,9-10H2,1-5H3. The molecule has 96 valence electrons. The molecule has 0 saturated heterocycles. The number of anilines is 1. The van der Waals surface area contributed by atoms with Crippen molar-refractivity contribution in [1.29, 1.82) is 0 Å². The lowest BCUT2D eigenvalue weighted by Crippen LogP contribution is -2.34. The summed E-state index contributed by atoms with van der Waals surface area (Å²) in [5, 5.41) is 0.922. The van der Waals surface area contributed by atoms with Crippen molar-refractivity contribution in [1.82, 2.24) is 0 Å². The lowest BCUT2D eigenvalue weighted by atomic mass is 10.1. The highest BCUT2D eigenvalue weighted by atomic mass is 79.9. The van der Waals surface area contributed by atoms with Crippen LogP contribution in [0.25, 0.3) is 0 Å². The molecule has 0 amide bonds. The second-order valence-corrected chi connectivity index (χ2v) is 5.97. The molecule has 0 bridgehead atoms. The van der Waals surface area contributed by atoms with E-state index in [4.69, 9.17) is 0 Å². The maximum atomic E-state index is 3.60. The van der Waals surface area contributed by atoms with E-state index < -0.39 is 0 Å². The summed E-state index contributed by atoms with van der Waals surface area (Å²) < 4.78 is 0. The normalized spacial score (nSPS) is 11.3. The Morgan fingerprint density at radius 2 is 1.82 bits per heavy atom. The second-order valence-electron chi connectivity index (χ2n) is 5.41. The van der Waals surface area contributed by atoms with Crippen LogP contribution < -0.4 is 4.90 Å². The largest absolute Gasteiger partial charge is 0.369 e. The van der Waals surface area contributed by atoms with Crippen LogP contribution in [0.4, 0.5) is 5.69 Å². The fourth-order valence-corrected chi connectivity index (χ4v) is 2.53. The predicted molar refractivity (Wildman–Crippen MR) is 81.1 cm³/mol. The highest BCUT2D eigenvalue weighted by Gasteiger charge is 2.15. The van der Waals surface area contributed by atoms with E-state index in [2.05, 4.69) is 73.6 Å². The molecule has 0 aliphatic carbocycles. The summed E-state index contributed by atoms with van der Waals surface area (Å²) in [4.78, 5) is 2.50. The first-order valence-corrected chi connectivity index (χ1v) is 7.50. The van der Waals surface area contributed by atoms with Crippen LogP contribution in [0.15, 0.2) is 18.2 Å². The van der Waals surface area contributed by atoms with E-state index in [1.54, 1.807) is 0 Å². The smallest absolute Gasteiger partial charge is 0.0409 e. The molecule has 0 spiro atoms. The fourth-order valence-electron chi connectivity index (χ4n) is 2.08. The van der Waals surface area contributed by atoms with Gasteiger partial charge in [0.25, 0.3) is 0 Å². The van der Waals surface area contributed by atoms with E-state index in [1.807, 2.05) is 0 Å². The lowest BCUT2D eigenvalue weighted by molar-refractivity contribution is 0.570. The molecule has 0 fully saturated rings. The van der Waals surface area contributed by atoms with Gasteiger partial charge in [0.15, 0.2) is 0 Å². The van der Waals surface area contributed by atoms with Gasteiger partial charge < -0.3 is 4.90 Å². The molecular formula is C15H24BrN. The molecule has 0 saturated carbocycles. The van der Waals surface area contributed by atoms with Gasteiger partial charge in [0.05, 0.1) is 0 Å². The third-order valence-electron chi connectivity index (χ3n) is 2.87. The highest BCUT2D eigenvalue weighted by molar-refractivity contribution is 9.08. The Labute approximate surface area is 114 Å². The lowest BCUT2D eigenvalue weighted by Gasteiger charge is -2.32. The summed E-state index contributed by atoms with van der Waals surface area (Å²) in [6.07, 6.45) is 0. The van der Waals surface area contributed by atoms with E-state index in [0.29, 0.717) is 12.0 Å². The quantitative estimate of drug-likeness (QED) is 0.708. The second kappa shape index (κ2) is 6.44. The molecule has 17 heavy (non-hydrogen) atoms. The van der Waals surface area contributed by atoms with Crippen LogP contribution in [0.3, 0.4) is 0 Å². The molecule has 1 aromatic rings. The number of rotatable bonds is 5. The Morgan fingerprint density at radius 3 is 2.29 bits per heavy atom. The van der Waals surface area contributed by atoms with Crippen LogP contribution in [0.2, 0.25) is 0 Å². The first-order chi connectivity index (χ1) is 7.95. The van der Waals surface area contributed by atoms with Crippen LogP contribution in [0.1, 0.15) is 38.8 Å². The summed E-state index contributed by atoms with van der Waals surface area (Å²) in [6.45, 7) is 12.3. The van der Waals surface area contributed by atoms with Crippen LogP contribution >= 0.6 is 15.9 Å². The SMILES string of the molecule is Cc1ccc(N(CC(C)C)C(C)C)c(CBr)c1. The fraction of sp³-hybridized carbons (Fsp3) is 0.600. The van der Waals surface area contributed by atoms with Crippen molar-refractivity contribution in [2.24, 2.45) is 5.92 Å². The van der Waals surface area contributed by atoms with Gasteiger partial charge in [0.1, 0.15) is 0 Å². The van der Waals surface area contributed by atoms with Gasteiger partial charge in [0, 0.05) is 23.6 Å². The highest BCUT2D eigenvalue weighted by Crippen LogP contribution is 2.26. The Balaban J connectivity index is 3.08. The number of halogens is 1. The molecular weight excluding hydrogens is 274 g/mol. The molecule has 0 aliphatic rings. The number of benzene rings is 1. The number of aryl methyl sites for hydroxylation is 1. The van der Waals surface area contributed by atoms with E-state index >= 15 is 0 Å². The van der Waals surface area contributed by atoms with Gasteiger partial charge in [0.2, 0.25) is 0 Å². The van der Waals surface area contributed by atoms with Crippen LogP contribution in [0.5, 0.6) is 0 Å². The molecule has 1 aromatic carbocycles. The van der Waals surface area contributed by atoms with Gasteiger partial charge in [-0.2, -0.15) is 0 Å². The molecule has 0 N–H and O–H groups in total. The summed E-state index contributed by atoms with van der Waals surface area (Å²) in [5.74, 6) is 0.682. The van der Waals surface area contributed by atoms with Gasteiger partial charge >= 0.3 is 0 Å². The Morgan fingerprint density at radius 1 is 1.18 bits per heavy atom. The molecule has 0 atom stereocenters. The van der Waals surface area contributed by atoms with Crippen molar-refractivity contribution in [3.63, 3.8) is 0 Å². The van der Waals surface area contributed by atoms with E-state index in [-0.39, 0.29) is 0 Å². The zero-order valence-corrected chi connectivity index (χ0v) is 13.2.